The lowest BCUT2D eigenvalue weighted by Crippen LogP contribution is -2.13. The fourth-order valence-corrected chi connectivity index (χ4v) is 3.83. The largest absolute Gasteiger partial charge is 0.507 e. The topological polar surface area (TPSA) is 117 Å². The van der Waals surface area contributed by atoms with Crippen molar-refractivity contribution in [3.05, 3.63) is 47.5 Å². The predicted octanol–water partition coefficient (Wildman–Crippen LogP) is 2.50. The molecule has 0 aliphatic carbocycles. The van der Waals surface area contributed by atoms with Gasteiger partial charge in [-0.05, 0) is 35.7 Å². The van der Waals surface area contributed by atoms with Gasteiger partial charge in [0.2, 0.25) is 0 Å². The molecule has 2 aromatic heterocycles. The summed E-state index contributed by atoms with van der Waals surface area (Å²) < 4.78 is 27.8. The maximum Gasteiger partial charge on any atom is 0.339 e. The summed E-state index contributed by atoms with van der Waals surface area (Å²) in [6.07, 6.45) is 1.23. The number of phenols is 1. The van der Waals surface area contributed by atoms with Crippen molar-refractivity contribution in [2.45, 2.75) is 4.90 Å². The highest BCUT2D eigenvalue weighted by molar-refractivity contribution is 7.92. The summed E-state index contributed by atoms with van der Waals surface area (Å²) in [5.41, 5.74) is 0.343. The molecule has 0 radical (unpaired) electrons. The van der Waals surface area contributed by atoms with E-state index in [1.165, 1.54) is 29.7 Å². The van der Waals surface area contributed by atoms with Crippen LogP contribution in [0.4, 0.5) is 5.69 Å². The Kier molecular flexibility index (Phi) is 3.66. The van der Waals surface area contributed by atoms with Crippen LogP contribution in [0, 0.1) is 0 Å². The zero-order chi connectivity index (χ0) is 16.6. The number of hydrogen-bond acceptors (Lipinski definition) is 6. The van der Waals surface area contributed by atoms with Gasteiger partial charge in [-0.25, -0.2) is 13.2 Å². The van der Waals surface area contributed by atoms with E-state index in [-0.39, 0.29) is 10.6 Å². The van der Waals surface area contributed by atoms with Gasteiger partial charge >= 0.3 is 5.97 Å². The lowest BCUT2D eigenvalue weighted by Gasteiger charge is -2.09. The van der Waals surface area contributed by atoms with E-state index < -0.39 is 27.3 Å². The molecule has 118 valence electrons. The van der Waals surface area contributed by atoms with Crippen molar-refractivity contribution < 1.29 is 23.4 Å². The Hall–Kier alpha value is -2.65. The highest BCUT2D eigenvalue weighted by atomic mass is 32.2. The molecule has 0 unspecified atom stereocenters. The van der Waals surface area contributed by atoms with Crippen LogP contribution in [-0.2, 0) is 10.0 Å². The third-order valence-electron chi connectivity index (χ3n) is 3.07. The van der Waals surface area contributed by atoms with Crippen molar-refractivity contribution in [1.29, 1.82) is 0 Å². The fourth-order valence-electron chi connectivity index (χ4n) is 1.96. The highest BCUT2D eigenvalue weighted by Gasteiger charge is 2.18. The summed E-state index contributed by atoms with van der Waals surface area (Å²) in [5, 5.41) is 20.2. The lowest BCUT2D eigenvalue weighted by molar-refractivity contribution is 0.0694. The smallest absolute Gasteiger partial charge is 0.339 e. The molecular formula is C14H10N2O5S2. The maximum absolute atomic E-state index is 12.4. The summed E-state index contributed by atoms with van der Waals surface area (Å²) in [4.78, 5) is 15.0. The van der Waals surface area contributed by atoms with Crippen LogP contribution in [0.2, 0.25) is 0 Å². The first kappa shape index (κ1) is 15.3. The number of anilines is 1. The number of nitrogens with one attached hydrogen (secondary N) is 1. The van der Waals surface area contributed by atoms with Gasteiger partial charge in [0.25, 0.3) is 10.0 Å². The predicted molar refractivity (Wildman–Crippen MR) is 85.5 cm³/mol. The molecule has 3 aromatic rings. The quantitative estimate of drug-likeness (QED) is 0.623. The normalized spacial score (nSPS) is 11.5. The summed E-state index contributed by atoms with van der Waals surface area (Å²) in [6.45, 7) is 0. The Morgan fingerprint density at radius 2 is 2.00 bits per heavy atom. The summed E-state index contributed by atoms with van der Waals surface area (Å²) in [6, 6.07) is 6.71. The second-order valence-corrected chi connectivity index (χ2v) is 7.25. The van der Waals surface area contributed by atoms with E-state index in [4.69, 9.17) is 5.11 Å². The van der Waals surface area contributed by atoms with E-state index in [1.54, 1.807) is 11.4 Å². The molecule has 2 heterocycles. The third-order valence-corrected chi connectivity index (χ3v) is 5.27. The van der Waals surface area contributed by atoms with Crippen molar-refractivity contribution in [2.24, 2.45) is 0 Å². The number of aromatic carboxylic acids is 1. The van der Waals surface area contributed by atoms with Crippen molar-refractivity contribution in [2.75, 3.05) is 4.72 Å². The van der Waals surface area contributed by atoms with E-state index >= 15 is 0 Å². The van der Waals surface area contributed by atoms with Gasteiger partial charge in [-0.2, -0.15) is 0 Å². The monoisotopic (exact) mass is 350 g/mol. The SMILES string of the molecule is O=C(O)c1cc(NS(=O)(=O)c2cnc3ccsc3c2)ccc1O. The van der Waals surface area contributed by atoms with Gasteiger partial charge in [-0.1, -0.05) is 0 Å². The first-order chi connectivity index (χ1) is 10.9. The number of aromatic nitrogens is 1. The molecule has 1 aromatic carbocycles. The van der Waals surface area contributed by atoms with Gasteiger partial charge in [-0.3, -0.25) is 9.71 Å². The van der Waals surface area contributed by atoms with E-state index in [2.05, 4.69) is 9.71 Å². The standard InChI is InChI=1S/C14H10N2O5S2/c17-12-2-1-8(5-10(12)14(18)19)16-23(20,21)9-6-13-11(15-7-9)3-4-22-13/h1-7,16-17H,(H,18,19). The average molecular weight is 350 g/mol. The molecule has 3 N–H and O–H groups in total. The maximum atomic E-state index is 12.4. The molecule has 9 heteroatoms. The molecular weight excluding hydrogens is 340 g/mol. The number of rotatable bonds is 4. The van der Waals surface area contributed by atoms with Crippen LogP contribution in [0.3, 0.4) is 0 Å². The van der Waals surface area contributed by atoms with Crippen LogP contribution in [0.5, 0.6) is 5.75 Å². The molecule has 0 bridgehead atoms. The van der Waals surface area contributed by atoms with E-state index in [1.807, 2.05) is 0 Å². The molecule has 23 heavy (non-hydrogen) atoms. The summed E-state index contributed by atoms with van der Waals surface area (Å²) >= 11 is 1.37. The summed E-state index contributed by atoms with van der Waals surface area (Å²) in [5.74, 6) is -1.80. The Morgan fingerprint density at radius 1 is 1.22 bits per heavy atom. The van der Waals surface area contributed by atoms with Gasteiger partial charge < -0.3 is 10.2 Å². The first-order valence-electron chi connectivity index (χ1n) is 6.29. The van der Waals surface area contributed by atoms with Crippen molar-refractivity contribution in [1.82, 2.24) is 4.98 Å². The first-order valence-corrected chi connectivity index (χ1v) is 8.65. The second-order valence-electron chi connectivity index (χ2n) is 4.62. The highest BCUT2D eigenvalue weighted by Crippen LogP contribution is 2.25. The number of thiophene rings is 1. The van der Waals surface area contributed by atoms with Crippen molar-refractivity contribution in [3.63, 3.8) is 0 Å². The van der Waals surface area contributed by atoms with Crippen molar-refractivity contribution >= 4 is 43.2 Å². The minimum Gasteiger partial charge on any atom is -0.507 e. The molecule has 0 fully saturated rings. The number of carbonyl (C=O) groups is 1. The number of aromatic hydroxyl groups is 1. The van der Waals surface area contributed by atoms with Crippen molar-refractivity contribution in [3.8, 4) is 5.75 Å². The lowest BCUT2D eigenvalue weighted by atomic mass is 10.2. The molecule has 7 nitrogen and oxygen atoms in total. The zero-order valence-electron chi connectivity index (χ0n) is 11.4. The molecule has 0 saturated heterocycles. The number of hydrogen-bond donors (Lipinski definition) is 3. The number of sulfonamides is 1. The Labute approximate surface area is 134 Å². The van der Waals surface area contributed by atoms with Gasteiger partial charge in [0.15, 0.2) is 0 Å². The molecule has 0 atom stereocenters. The molecule has 0 saturated carbocycles. The zero-order valence-corrected chi connectivity index (χ0v) is 13.1. The van der Waals surface area contributed by atoms with Gasteiger partial charge in [0.1, 0.15) is 16.2 Å². The minimum absolute atomic E-state index is 0.0302. The number of carboxylic acids is 1. The van der Waals surface area contributed by atoms with Gasteiger partial charge in [0.05, 0.1) is 10.2 Å². The van der Waals surface area contributed by atoms with Crippen LogP contribution in [0.15, 0.2) is 46.8 Å². The van der Waals surface area contributed by atoms with E-state index in [9.17, 15) is 18.3 Å². The Morgan fingerprint density at radius 3 is 2.74 bits per heavy atom. The number of fused-ring (bicyclic) bond motifs is 1. The van der Waals surface area contributed by atoms with Crippen LogP contribution >= 0.6 is 11.3 Å². The number of carboxylic acid groups (broad SMARTS) is 1. The molecule has 0 aliphatic heterocycles. The van der Waals surface area contributed by atoms with Crippen LogP contribution in [-0.4, -0.2) is 29.6 Å². The average Bonchev–Trinajstić information content (AvgIpc) is 2.96. The molecule has 3 rings (SSSR count). The van der Waals surface area contributed by atoms with E-state index in [0.717, 1.165) is 16.8 Å². The molecule has 0 amide bonds. The molecule has 0 aliphatic rings. The van der Waals surface area contributed by atoms with Crippen LogP contribution in [0.1, 0.15) is 10.4 Å². The van der Waals surface area contributed by atoms with Gasteiger partial charge in [0, 0.05) is 11.9 Å². The fraction of sp³-hybridized carbons (Fsp3) is 0. The minimum atomic E-state index is -3.92. The van der Waals surface area contributed by atoms with Crippen LogP contribution < -0.4 is 4.72 Å². The Balaban J connectivity index is 1.97. The number of pyridine rings is 1. The third kappa shape index (κ3) is 2.96. The van der Waals surface area contributed by atoms with Gasteiger partial charge in [-0.15, -0.1) is 11.3 Å². The van der Waals surface area contributed by atoms with E-state index in [0.29, 0.717) is 5.52 Å². The molecule has 0 spiro atoms. The number of nitrogens with zero attached hydrogens (tertiary/aromatic N) is 1. The summed E-state index contributed by atoms with van der Waals surface area (Å²) in [7, 11) is -3.92. The Bertz CT molecular complexity index is 1010. The van der Waals surface area contributed by atoms with Crippen LogP contribution in [0.25, 0.3) is 10.2 Å². The number of benzene rings is 1. The second kappa shape index (κ2) is 5.52.